The Morgan fingerprint density at radius 2 is 1.58 bits per heavy atom. The van der Waals surface area contributed by atoms with Gasteiger partial charge in [0.2, 0.25) is 5.91 Å². The molecule has 8 nitrogen and oxygen atoms in total. The highest BCUT2D eigenvalue weighted by Crippen LogP contribution is 2.24. The summed E-state index contributed by atoms with van der Waals surface area (Å²) in [6, 6.07) is 28.2. The number of rotatable bonds is 6. The maximum atomic E-state index is 12.8. The first kappa shape index (κ1) is 20.3. The second kappa shape index (κ2) is 8.88. The average molecular weight is 436 g/mol. The molecule has 8 heteroatoms. The molecule has 162 valence electrons. The number of nitrogens with one attached hydrogen (secondary N) is 1. The summed E-state index contributed by atoms with van der Waals surface area (Å²) >= 11 is 0. The van der Waals surface area contributed by atoms with Crippen molar-refractivity contribution in [2.75, 3.05) is 5.32 Å². The van der Waals surface area contributed by atoms with Crippen LogP contribution in [0.15, 0.2) is 95.8 Å². The molecule has 0 atom stereocenters. The van der Waals surface area contributed by atoms with Crippen LogP contribution < -0.4 is 10.9 Å². The lowest BCUT2D eigenvalue weighted by Gasteiger charge is -2.09. The fourth-order valence-corrected chi connectivity index (χ4v) is 3.57. The number of amides is 1. The number of hydrogen-bond donors (Lipinski definition) is 1. The SMILES string of the molecule is O=C(CCn1nnc2ccccc2c1=O)Nc1cc(-c2ccccc2)nn1-c1ccccc1. The number of fused-ring (bicyclic) bond motifs is 1. The molecule has 1 N–H and O–H groups in total. The largest absolute Gasteiger partial charge is 0.311 e. The van der Waals surface area contributed by atoms with E-state index in [1.165, 1.54) is 4.68 Å². The first-order valence-corrected chi connectivity index (χ1v) is 10.5. The minimum Gasteiger partial charge on any atom is -0.311 e. The van der Waals surface area contributed by atoms with Gasteiger partial charge in [0.15, 0.2) is 0 Å². The first-order chi connectivity index (χ1) is 16.2. The number of benzene rings is 3. The van der Waals surface area contributed by atoms with Gasteiger partial charge in [0, 0.05) is 18.1 Å². The minimum atomic E-state index is -0.269. The van der Waals surface area contributed by atoms with E-state index in [4.69, 9.17) is 5.10 Å². The van der Waals surface area contributed by atoms with Crippen molar-refractivity contribution in [1.29, 1.82) is 0 Å². The summed E-state index contributed by atoms with van der Waals surface area (Å²) in [6.07, 6.45) is 0.0631. The second-order valence-electron chi connectivity index (χ2n) is 7.46. The van der Waals surface area contributed by atoms with Crippen molar-refractivity contribution in [3.05, 3.63) is 101 Å². The standard InChI is InChI=1S/C25H20N6O2/c32-24(15-16-30-25(33)20-13-7-8-14-21(20)27-29-30)26-23-17-22(18-9-3-1-4-10-18)28-31(23)19-11-5-2-6-12-19/h1-14,17H,15-16H2,(H,26,32). The zero-order valence-electron chi connectivity index (χ0n) is 17.6. The molecule has 0 unspecified atom stereocenters. The van der Waals surface area contributed by atoms with Crippen LogP contribution >= 0.6 is 0 Å². The summed E-state index contributed by atoms with van der Waals surface area (Å²) < 4.78 is 2.91. The topological polar surface area (TPSA) is 94.7 Å². The molecule has 5 aromatic rings. The van der Waals surface area contributed by atoms with Crippen molar-refractivity contribution in [3.63, 3.8) is 0 Å². The molecule has 0 spiro atoms. The van der Waals surface area contributed by atoms with Crippen molar-refractivity contribution in [2.24, 2.45) is 0 Å². The van der Waals surface area contributed by atoms with Crippen LogP contribution in [0.2, 0.25) is 0 Å². The Kier molecular flexibility index (Phi) is 5.47. The molecule has 33 heavy (non-hydrogen) atoms. The normalized spacial score (nSPS) is 10.9. The van der Waals surface area contributed by atoms with Crippen LogP contribution in [0, 0.1) is 0 Å². The van der Waals surface area contributed by atoms with Crippen molar-refractivity contribution >= 4 is 22.6 Å². The lowest BCUT2D eigenvalue weighted by Crippen LogP contribution is -2.26. The van der Waals surface area contributed by atoms with Gasteiger partial charge in [0.05, 0.1) is 23.3 Å². The molecule has 2 aromatic heterocycles. The molecule has 0 aliphatic rings. The van der Waals surface area contributed by atoms with E-state index in [1.54, 1.807) is 28.9 Å². The Bertz CT molecular complexity index is 1480. The summed E-state index contributed by atoms with van der Waals surface area (Å²) in [6.45, 7) is 0.119. The quantitative estimate of drug-likeness (QED) is 0.438. The summed E-state index contributed by atoms with van der Waals surface area (Å²) in [4.78, 5) is 25.4. The van der Waals surface area contributed by atoms with E-state index in [1.807, 2.05) is 66.7 Å². The van der Waals surface area contributed by atoms with E-state index in [0.717, 1.165) is 16.9 Å². The highest BCUT2D eigenvalue weighted by molar-refractivity contribution is 5.90. The molecule has 0 saturated carbocycles. The number of aromatic nitrogens is 5. The van der Waals surface area contributed by atoms with Gasteiger partial charge in [-0.25, -0.2) is 9.36 Å². The van der Waals surface area contributed by atoms with Crippen LogP contribution in [0.25, 0.3) is 27.8 Å². The molecule has 0 saturated heterocycles. The highest BCUT2D eigenvalue weighted by atomic mass is 16.2. The highest BCUT2D eigenvalue weighted by Gasteiger charge is 2.14. The fraction of sp³-hybridized carbons (Fsp3) is 0.0800. The van der Waals surface area contributed by atoms with Gasteiger partial charge in [-0.1, -0.05) is 65.9 Å². The third-order valence-corrected chi connectivity index (χ3v) is 5.23. The van der Waals surface area contributed by atoms with Crippen LogP contribution in [-0.4, -0.2) is 30.7 Å². The number of carbonyl (C=O) groups excluding carboxylic acids is 1. The zero-order chi connectivity index (χ0) is 22.6. The van der Waals surface area contributed by atoms with Gasteiger partial charge in [0.1, 0.15) is 11.3 Å². The molecule has 0 aliphatic carbocycles. The Morgan fingerprint density at radius 1 is 0.879 bits per heavy atom. The molecule has 3 aromatic carbocycles. The molecule has 5 rings (SSSR count). The Balaban J connectivity index is 1.38. The predicted molar refractivity (Wildman–Crippen MR) is 126 cm³/mol. The number of nitrogens with zero attached hydrogens (tertiary/aromatic N) is 5. The van der Waals surface area contributed by atoms with E-state index < -0.39 is 0 Å². The maximum absolute atomic E-state index is 12.8. The van der Waals surface area contributed by atoms with E-state index >= 15 is 0 Å². The monoisotopic (exact) mass is 436 g/mol. The van der Waals surface area contributed by atoms with Gasteiger partial charge in [0.25, 0.3) is 5.56 Å². The van der Waals surface area contributed by atoms with E-state index in [9.17, 15) is 9.59 Å². The van der Waals surface area contributed by atoms with Crippen LogP contribution in [-0.2, 0) is 11.3 Å². The molecule has 0 bridgehead atoms. The van der Waals surface area contributed by atoms with E-state index in [0.29, 0.717) is 16.7 Å². The van der Waals surface area contributed by atoms with Crippen molar-refractivity contribution in [3.8, 4) is 16.9 Å². The van der Waals surface area contributed by atoms with Gasteiger partial charge in [-0.15, -0.1) is 5.10 Å². The second-order valence-corrected chi connectivity index (χ2v) is 7.46. The summed E-state index contributed by atoms with van der Waals surface area (Å²) in [7, 11) is 0. The van der Waals surface area contributed by atoms with Crippen LogP contribution in [0.3, 0.4) is 0 Å². The molecular formula is C25H20N6O2. The number of hydrogen-bond acceptors (Lipinski definition) is 5. The van der Waals surface area contributed by atoms with Gasteiger partial charge in [-0.3, -0.25) is 9.59 Å². The van der Waals surface area contributed by atoms with Crippen molar-refractivity contribution in [2.45, 2.75) is 13.0 Å². The summed E-state index contributed by atoms with van der Waals surface area (Å²) in [5.41, 5.74) is 2.77. The van der Waals surface area contributed by atoms with Gasteiger partial charge in [-0.2, -0.15) is 5.10 Å². The van der Waals surface area contributed by atoms with Crippen molar-refractivity contribution in [1.82, 2.24) is 24.8 Å². The minimum absolute atomic E-state index is 0.0631. The Hall–Kier alpha value is -4.59. The van der Waals surface area contributed by atoms with Crippen LogP contribution in [0.4, 0.5) is 5.82 Å². The lowest BCUT2D eigenvalue weighted by molar-refractivity contribution is -0.116. The molecule has 1 amide bonds. The third-order valence-electron chi connectivity index (χ3n) is 5.23. The van der Waals surface area contributed by atoms with Crippen molar-refractivity contribution < 1.29 is 4.79 Å². The third kappa shape index (κ3) is 4.27. The van der Waals surface area contributed by atoms with E-state index in [2.05, 4.69) is 15.6 Å². The summed E-state index contributed by atoms with van der Waals surface area (Å²) in [5, 5.41) is 16.1. The Morgan fingerprint density at radius 3 is 2.36 bits per heavy atom. The molecule has 2 heterocycles. The number of anilines is 1. The van der Waals surface area contributed by atoms with Crippen LogP contribution in [0.1, 0.15) is 6.42 Å². The first-order valence-electron chi connectivity index (χ1n) is 10.5. The van der Waals surface area contributed by atoms with Gasteiger partial charge in [-0.05, 0) is 24.3 Å². The number of carbonyl (C=O) groups is 1. The molecule has 0 radical (unpaired) electrons. The lowest BCUT2D eigenvalue weighted by atomic mass is 10.1. The smallest absolute Gasteiger partial charge is 0.277 e. The predicted octanol–water partition coefficient (Wildman–Crippen LogP) is 3.67. The van der Waals surface area contributed by atoms with Gasteiger partial charge < -0.3 is 5.32 Å². The van der Waals surface area contributed by atoms with Crippen LogP contribution in [0.5, 0.6) is 0 Å². The fourth-order valence-electron chi connectivity index (χ4n) is 3.57. The maximum Gasteiger partial charge on any atom is 0.277 e. The Labute approximate surface area is 189 Å². The zero-order valence-corrected chi connectivity index (χ0v) is 17.6. The molecular weight excluding hydrogens is 416 g/mol. The average Bonchev–Trinajstić information content (AvgIpc) is 3.28. The molecule has 0 fully saturated rings. The number of para-hydroxylation sites is 1. The summed E-state index contributed by atoms with van der Waals surface area (Å²) in [5.74, 6) is 0.288. The van der Waals surface area contributed by atoms with Gasteiger partial charge >= 0.3 is 0 Å². The number of aryl methyl sites for hydroxylation is 1. The van der Waals surface area contributed by atoms with E-state index in [-0.39, 0.29) is 24.4 Å². The molecule has 0 aliphatic heterocycles.